The number of carbonyl (C=O) groups is 2. The monoisotopic (exact) mass is 308 g/mol. The Bertz CT molecular complexity index is 532. The number of carboxylic acid groups (broad SMARTS) is 1. The number of thiazole rings is 1. The number of carboxylic acids is 1. The molecule has 114 valence electrons. The summed E-state index contributed by atoms with van der Waals surface area (Å²) in [5.74, 6) is -1.99. The van der Waals surface area contributed by atoms with Crippen molar-refractivity contribution in [2.75, 3.05) is 5.32 Å². The lowest BCUT2D eigenvalue weighted by Gasteiger charge is -2.26. The quantitative estimate of drug-likeness (QED) is 0.900. The first kappa shape index (κ1) is 14.5. The van der Waals surface area contributed by atoms with E-state index >= 15 is 0 Å². The topological polar surface area (TPSA) is 79.3 Å². The van der Waals surface area contributed by atoms with Gasteiger partial charge >= 0.3 is 5.97 Å². The molecule has 2 N–H and O–H groups in total. The first-order valence-corrected chi connectivity index (χ1v) is 8.49. The zero-order chi connectivity index (χ0) is 14.8. The summed E-state index contributed by atoms with van der Waals surface area (Å²) in [7, 11) is 0. The average molecular weight is 308 g/mol. The number of aromatic nitrogens is 1. The molecule has 1 aromatic heterocycles. The predicted octanol–water partition coefficient (Wildman–Crippen LogP) is 2.85. The Morgan fingerprint density at radius 1 is 1.10 bits per heavy atom. The fourth-order valence-electron chi connectivity index (χ4n) is 3.34. The molecule has 1 amide bonds. The highest BCUT2D eigenvalue weighted by Gasteiger charge is 2.36. The smallest absolute Gasteiger partial charge is 0.307 e. The van der Waals surface area contributed by atoms with Gasteiger partial charge in [-0.15, -0.1) is 11.3 Å². The molecule has 1 fully saturated rings. The maximum atomic E-state index is 12.4. The van der Waals surface area contributed by atoms with Gasteiger partial charge in [0.25, 0.3) is 0 Å². The molecule has 1 aromatic rings. The van der Waals surface area contributed by atoms with Gasteiger partial charge in [0.1, 0.15) is 0 Å². The molecule has 0 radical (unpaired) electrons. The minimum Gasteiger partial charge on any atom is -0.481 e. The fourth-order valence-corrected chi connectivity index (χ4v) is 4.40. The third-order valence-electron chi connectivity index (χ3n) is 4.50. The van der Waals surface area contributed by atoms with Crippen molar-refractivity contribution in [1.29, 1.82) is 0 Å². The second-order valence-electron chi connectivity index (χ2n) is 5.92. The van der Waals surface area contributed by atoms with E-state index in [1.54, 1.807) is 11.3 Å². The number of hydrogen-bond acceptors (Lipinski definition) is 4. The van der Waals surface area contributed by atoms with Crippen molar-refractivity contribution in [3.05, 3.63) is 10.6 Å². The van der Waals surface area contributed by atoms with Crippen LogP contribution >= 0.6 is 11.3 Å². The summed E-state index contributed by atoms with van der Waals surface area (Å²) in [5.41, 5.74) is 1.11. The van der Waals surface area contributed by atoms with Gasteiger partial charge in [-0.05, 0) is 38.5 Å². The van der Waals surface area contributed by atoms with E-state index in [0.717, 1.165) is 37.8 Å². The molecule has 1 saturated carbocycles. The highest BCUT2D eigenvalue weighted by atomic mass is 32.1. The van der Waals surface area contributed by atoms with Gasteiger partial charge in [-0.25, -0.2) is 4.98 Å². The molecule has 1 heterocycles. The van der Waals surface area contributed by atoms with E-state index in [1.165, 1.54) is 11.3 Å². The molecular weight excluding hydrogens is 288 g/mol. The molecule has 0 spiro atoms. The molecule has 0 bridgehead atoms. The number of hydrogen-bond donors (Lipinski definition) is 2. The van der Waals surface area contributed by atoms with Crippen LogP contribution in [-0.2, 0) is 22.4 Å². The minimum absolute atomic E-state index is 0.173. The Kier molecular flexibility index (Phi) is 4.24. The zero-order valence-corrected chi connectivity index (χ0v) is 12.7. The fraction of sp³-hybridized carbons (Fsp3) is 0.667. The molecular formula is C15H20N2O3S. The Hall–Kier alpha value is -1.43. The highest BCUT2D eigenvalue weighted by molar-refractivity contribution is 7.15. The SMILES string of the molecule is O=C(O)[C@@H]1CCCC[C@H]1C(=O)Nc1nc2c(s1)CCCC2. The van der Waals surface area contributed by atoms with Gasteiger partial charge in [0, 0.05) is 4.88 Å². The number of fused-ring (bicyclic) bond motifs is 1. The number of aryl methyl sites for hydroxylation is 2. The van der Waals surface area contributed by atoms with Crippen molar-refractivity contribution in [2.45, 2.75) is 51.4 Å². The number of aliphatic carboxylic acids is 1. The summed E-state index contributed by atoms with van der Waals surface area (Å²) >= 11 is 1.55. The number of amides is 1. The zero-order valence-electron chi connectivity index (χ0n) is 11.9. The van der Waals surface area contributed by atoms with E-state index in [-0.39, 0.29) is 5.91 Å². The van der Waals surface area contributed by atoms with Crippen LogP contribution in [0.3, 0.4) is 0 Å². The lowest BCUT2D eigenvalue weighted by molar-refractivity contribution is -0.147. The molecule has 3 rings (SSSR count). The van der Waals surface area contributed by atoms with E-state index in [4.69, 9.17) is 0 Å². The van der Waals surface area contributed by atoms with Crippen LogP contribution in [-0.4, -0.2) is 22.0 Å². The average Bonchev–Trinajstić information content (AvgIpc) is 2.89. The van der Waals surface area contributed by atoms with Crippen molar-refractivity contribution in [3.8, 4) is 0 Å². The van der Waals surface area contributed by atoms with E-state index in [1.807, 2.05) is 0 Å². The van der Waals surface area contributed by atoms with Crippen LogP contribution < -0.4 is 5.32 Å². The Morgan fingerprint density at radius 3 is 2.52 bits per heavy atom. The molecule has 21 heavy (non-hydrogen) atoms. The summed E-state index contributed by atoms with van der Waals surface area (Å²) in [6.07, 6.45) is 7.46. The van der Waals surface area contributed by atoms with Crippen LogP contribution in [0.5, 0.6) is 0 Å². The minimum atomic E-state index is -0.853. The molecule has 0 saturated heterocycles. The second kappa shape index (κ2) is 6.13. The first-order chi connectivity index (χ1) is 10.1. The standard InChI is InChI=1S/C15H20N2O3S/c18-13(9-5-1-2-6-10(9)14(19)20)17-15-16-11-7-3-4-8-12(11)21-15/h9-10H,1-8H2,(H,19,20)(H,16,17,18)/t9-,10-/m1/s1. The van der Waals surface area contributed by atoms with Crippen LogP contribution in [0.25, 0.3) is 0 Å². The second-order valence-corrected chi connectivity index (χ2v) is 7.00. The van der Waals surface area contributed by atoms with Gasteiger partial charge in [0.15, 0.2) is 5.13 Å². The molecule has 6 heteroatoms. The molecule has 2 aliphatic rings. The summed E-state index contributed by atoms with van der Waals surface area (Å²) in [5, 5.41) is 12.8. The van der Waals surface area contributed by atoms with Gasteiger partial charge in [0.05, 0.1) is 17.5 Å². The molecule has 5 nitrogen and oxygen atoms in total. The van der Waals surface area contributed by atoms with Crippen molar-refractivity contribution >= 4 is 28.3 Å². The highest BCUT2D eigenvalue weighted by Crippen LogP contribution is 2.33. The molecule has 0 aromatic carbocycles. The molecule has 2 atom stereocenters. The van der Waals surface area contributed by atoms with Crippen LogP contribution in [0.1, 0.15) is 49.1 Å². The number of nitrogens with zero attached hydrogens (tertiary/aromatic N) is 1. The normalized spacial score (nSPS) is 25.1. The Balaban J connectivity index is 1.70. The Morgan fingerprint density at radius 2 is 1.81 bits per heavy atom. The van der Waals surface area contributed by atoms with E-state index < -0.39 is 17.8 Å². The van der Waals surface area contributed by atoms with Gasteiger partial charge in [-0.3, -0.25) is 9.59 Å². The Labute approximate surface area is 127 Å². The van der Waals surface area contributed by atoms with Crippen LogP contribution in [0.2, 0.25) is 0 Å². The van der Waals surface area contributed by atoms with Crippen molar-refractivity contribution in [3.63, 3.8) is 0 Å². The van der Waals surface area contributed by atoms with Gasteiger partial charge < -0.3 is 10.4 Å². The van der Waals surface area contributed by atoms with Crippen molar-refractivity contribution in [2.24, 2.45) is 11.8 Å². The van der Waals surface area contributed by atoms with Gasteiger partial charge in [-0.1, -0.05) is 12.8 Å². The summed E-state index contributed by atoms with van der Waals surface area (Å²) in [6.45, 7) is 0. The van der Waals surface area contributed by atoms with E-state index in [9.17, 15) is 14.7 Å². The van der Waals surface area contributed by atoms with Crippen molar-refractivity contribution in [1.82, 2.24) is 4.98 Å². The number of anilines is 1. The van der Waals surface area contributed by atoms with Crippen LogP contribution in [0.15, 0.2) is 0 Å². The molecule has 0 aliphatic heterocycles. The first-order valence-electron chi connectivity index (χ1n) is 7.67. The summed E-state index contributed by atoms with van der Waals surface area (Å²) in [4.78, 5) is 29.4. The largest absolute Gasteiger partial charge is 0.481 e. The maximum Gasteiger partial charge on any atom is 0.307 e. The van der Waals surface area contributed by atoms with E-state index in [0.29, 0.717) is 18.0 Å². The van der Waals surface area contributed by atoms with Crippen molar-refractivity contribution < 1.29 is 14.7 Å². The van der Waals surface area contributed by atoms with Crippen LogP contribution in [0.4, 0.5) is 5.13 Å². The summed E-state index contributed by atoms with van der Waals surface area (Å²) < 4.78 is 0. The number of carbonyl (C=O) groups excluding carboxylic acids is 1. The maximum absolute atomic E-state index is 12.4. The third-order valence-corrected chi connectivity index (χ3v) is 5.57. The lowest BCUT2D eigenvalue weighted by atomic mass is 9.79. The summed E-state index contributed by atoms with van der Waals surface area (Å²) in [6, 6.07) is 0. The third kappa shape index (κ3) is 3.10. The van der Waals surface area contributed by atoms with Crippen LogP contribution in [0, 0.1) is 11.8 Å². The van der Waals surface area contributed by atoms with E-state index in [2.05, 4.69) is 10.3 Å². The lowest BCUT2D eigenvalue weighted by Crippen LogP contribution is -2.36. The number of nitrogens with one attached hydrogen (secondary N) is 1. The van der Waals surface area contributed by atoms with Gasteiger partial charge in [-0.2, -0.15) is 0 Å². The predicted molar refractivity (Wildman–Crippen MR) is 80.5 cm³/mol. The molecule has 0 unspecified atom stereocenters. The van der Waals surface area contributed by atoms with Gasteiger partial charge in [0.2, 0.25) is 5.91 Å². The molecule has 2 aliphatic carbocycles. The number of rotatable bonds is 3.